The first-order valence-electron chi connectivity index (χ1n) is 9.35. The number of halogens is 5. The van der Waals surface area contributed by atoms with Crippen LogP contribution < -0.4 is 14.4 Å². The van der Waals surface area contributed by atoms with E-state index in [1.807, 2.05) is 0 Å². The zero-order valence-corrected chi connectivity index (χ0v) is 19.7. The molecule has 1 aliphatic heterocycles. The highest BCUT2D eigenvalue weighted by Gasteiger charge is 2.34. The molecule has 166 valence electrons. The number of rotatable bonds is 3. The number of fused-ring (bicyclic) bond motifs is 1. The van der Waals surface area contributed by atoms with Crippen molar-refractivity contribution in [3.05, 3.63) is 68.7 Å². The molecule has 4 rings (SSSR count). The van der Waals surface area contributed by atoms with Crippen molar-refractivity contribution in [2.24, 2.45) is 0 Å². The summed E-state index contributed by atoms with van der Waals surface area (Å²) in [6.45, 7) is 0.432. The second-order valence-electron chi connectivity index (χ2n) is 6.87. The summed E-state index contributed by atoms with van der Waals surface area (Å²) in [5.74, 6) is 0.378. The van der Waals surface area contributed by atoms with Crippen molar-refractivity contribution in [1.82, 2.24) is 4.98 Å². The number of pyridine rings is 1. The van der Waals surface area contributed by atoms with Crippen molar-refractivity contribution < 1.29 is 27.4 Å². The second kappa shape index (κ2) is 8.74. The quantitative estimate of drug-likeness (QED) is 0.368. The Morgan fingerprint density at radius 1 is 1.16 bits per heavy atom. The van der Waals surface area contributed by atoms with E-state index >= 15 is 0 Å². The molecule has 1 aromatic heterocycles. The molecule has 3 aromatic rings. The molecule has 0 spiro atoms. The summed E-state index contributed by atoms with van der Waals surface area (Å²) in [6.07, 6.45) is -3.21. The van der Waals surface area contributed by atoms with E-state index in [1.165, 1.54) is 42.5 Å². The topological polar surface area (TPSA) is 51.7 Å². The van der Waals surface area contributed by atoms with Gasteiger partial charge in [-0.2, -0.15) is 13.2 Å². The summed E-state index contributed by atoms with van der Waals surface area (Å²) in [4.78, 5) is 19.0. The van der Waals surface area contributed by atoms with Crippen LogP contribution in [-0.4, -0.2) is 31.2 Å². The maximum absolute atomic E-state index is 13.5. The molecular formula is C22H15Br2F3N2O3. The lowest BCUT2D eigenvalue weighted by Crippen LogP contribution is -2.38. The van der Waals surface area contributed by atoms with E-state index in [4.69, 9.17) is 9.47 Å². The van der Waals surface area contributed by atoms with E-state index < -0.39 is 11.7 Å². The van der Waals surface area contributed by atoms with Crippen molar-refractivity contribution in [2.45, 2.75) is 6.18 Å². The fraction of sp³-hybridized carbons (Fsp3) is 0.182. The molecule has 0 saturated carbocycles. The summed E-state index contributed by atoms with van der Waals surface area (Å²) in [6, 6.07) is 9.99. The number of ether oxygens (including phenoxy) is 2. The molecule has 32 heavy (non-hydrogen) atoms. The summed E-state index contributed by atoms with van der Waals surface area (Å²) in [5, 5.41) is 0. The largest absolute Gasteiger partial charge is 0.494 e. The van der Waals surface area contributed by atoms with E-state index in [0.717, 1.165) is 6.07 Å². The number of alkyl halides is 3. The minimum absolute atomic E-state index is 0.0248. The van der Waals surface area contributed by atoms with Gasteiger partial charge in [0.15, 0.2) is 0 Å². The average Bonchev–Trinajstić information content (AvgIpc) is 2.77. The third kappa shape index (κ3) is 4.21. The van der Waals surface area contributed by atoms with E-state index in [1.54, 1.807) is 12.1 Å². The number of nitrogens with zero attached hydrogens (tertiary/aromatic N) is 2. The Balaban J connectivity index is 1.78. The van der Waals surface area contributed by atoms with Crippen molar-refractivity contribution in [3.8, 4) is 22.8 Å². The van der Waals surface area contributed by atoms with Gasteiger partial charge in [-0.15, -0.1) is 0 Å². The van der Waals surface area contributed by atoms with Gasteiger partial charge in [0.05, 0.1) is 28.2 Å². The third-order valence-electron chi connectivity index (χ3n) is 4.91. The van der Waals surface area contributed by atoms with Crippen LogP contribution in [-0.2, 0) is 6.18 Å². The molecule has 10 heteroatoms. The molecule has 0 N–H and O–H groups in total. The predicted molar refractivity (Wildman–Crippen MR) is 120 cm³/mol. The van der Waals surface area contributed by atoms with E-state index in [-0.39, 0.29) is 36.1 Å². The fourth-order valence-electron chi connectivity index (χ4n) is 3.47. The van der Waals surface area contributed by atoms with E-state index in [0.29, 0.717) is 25.9 Å². The van der Waals surface area contributed by atoms with Gasteiger partial charge in [0.25, 0.3) is 5.91 Å². The number of benzene rings is 2. The van der Waals surface area contributed by atoms with Crippen LogP contribution >= 0.6 is 31.9 Å². The molecule has 0 radical (unpaired) electrons. The maximum Gasteiger partial charge on any atom is 0.417 e. The van der Waals surface area contributed by atoms with Crippen molar-refractivity contribution in [1.29, 1.82) is 0 Å². The van der Waals surface area contributed by atoms with Gasteiger partial charge >= 0.3 is 6.18 Å². The Morgan fingerprint density at radius 2 is 1.84 bits per heavy atom. The third-order valence-corrected chi connectivity index (χ3v) is 6.09. The highest BCUT2D eigenvalue weighted by atomic mass is 79.9. The Morgan fingerprint density at radius 3 is 2.50 bits per heavy atom. The van der Waals surface area contributed by atoms with Gasteiger partial charge in [0, 0.05) is 17.3 Å². The zero-order chi connectivity index (χ0) is 23.0. The molecule has 0 bridgehead atoms. The normalized spacial score (nSPS) is 13.4. The van der Waals surface area contributed by atoms with Crippen LogP contribution in [0.2, 0.25) is 0 Å². The monoisotopic (exact) mass is 570 g/mol. The van der Waals surface area contributed by atoms with E-state index in [9.17, 15) is 18.0 Å². The van der Waals surface area contributed by atoms with Gasteiger partial charge in [-0.3, -0.25) is 4.79 Å². The summed E-state index contributed by atoms with van der Waals surface area (Å²) < 4.78 is 52.5. The van der Waals surface area contributed by atoms with Crippen molar-refractivity contribution >= 4 is 43.5 Å². The number of hydrogen-bond acceptors (Lipinski definition) is 4. The number of methoxy groups -OCH3 is 1. The van der Waals surface area contributed by atoms with Gasteiger partial charge in [-0.05, 0) is 61.7 Å². The fourth-order valence-corrected chi connectivity index (χ4v) is 4.98. The SMILES string of the molecule is COc1c(Br)cc(C(=O)N2CCOc3ncc(-c4ccccc4C(F)(F)F)cc32)cc1Br. The molecule has 0 saturated heterocycles. The van der Waals surface area contributed by atoms with Crippen LogP contribution in [0.4, 0.5) is 18.9 Å². The lowest BCUT2D eigenvalue weighted by atomic mass is 10.00. The molecule has 0 aliphatic carbocycles. The van der Waals surface area contributed by atoms with Gasteiger partial charge in [-0.1, -0.05) is 18.2 Å². The highest BCUT2D eigenvalue weighted by Crippen LogP contribution is 2.41. The summed E-state index contributed by atoms with van der Waals surface area (Å²) in [7, 11) is 1.51. The molecule has 2 heterocycles. The number of carbonyl (C=O) groups is 1. The van der Waals surface area contributed by atoms with Crippen LogP contribution in [0.3, 0.4) is 0 Å². The maximum atomic E-state index is 13.5. The van der Waals surface area contributed by atoms with Crippen LogP contribution in [0.15, 0.2) is 57.6 Å². The highest BCUT2D eigenvalue weighted by molar-refractivity contribution is 9.11. The smallest absolute Gasteiger partial charge is 0.417 e. The second-order valence-corrected chi connectivity index (χ2v) is 8.58. The van der Waals surface area contributed by atoms with Gasteiger partial charge in [0.2, 0.25) is 5.88 Å². The number of amides is 1. The Kier molecular flexibility index (Phi) is 6.17. The zero-order valence-electron chi connectivity index (χ0n) is 16.5. The number of anilines is 1. The summed E-state index contributed by atoms with van der Waals surface area (Å²) in [5.41, 5.74) is 0.0944. The molecule has 0 atom stereocenters. The van der Waals surface area contributed by atoms with Crippen LogP contribution in [0.5, 0.6) is 11.6 Å². The number of hydrogen-bond donors (Lipinski definition) is 0. The standard InChI is InChI=1S/C22H15Br2F3N2O3/c1-31-19-16(23)8-12(9-17(19)24)21(30)29-6-7-32-20-18(29)10-13(11-28-20)14-4-2-3-5-15(14)22(25,26)27/h2-5,8-11H,6-7H2,1H3. The Bertz CT molecular complexity index is 1180. The van der Waals surface area contributed by atoms with Crippen LogP contribution in [0.1, 0.15) is 15.9 Å². The minimum atomic E-state index is -4.53. The molecule has 1 aliphatic rings. The molecule has 2 aromatic carbocycles. The summed E-state index contributed by atoms with van der Waals surface area (Å²) >= 11 is 6.76. The lowest BCUT2D eigenvalue weighted by molar-refractivity contribution is -0.137. The number of aromatic nitrogens is 1. The molecule has 0 unspecified atom stereocenters. The predicted octanol–water partition coefficient (Wildman–Crippen LogP) is 6.34. The van der Waals surface area contributed by atoms with Gasteiger partial charge in [-0.25, -0.2) is 4.98 Å². The molecule has 5 nitrogen and oxygen atoms in total. The van der Waals surface area contributed by atoms with Crippen LogP contribution in [0.25, 0.3) is 11.1 Å². The van der Waals surface area contributed by atoms with Crippen molar-refractivity contribution in [2.75, 3.05) is 25.2 Å². The van der Waals surface area contributed by atoms with Gasteiger partial charge in [0.1, 0.15) is 18.0 Å². The van der Waals surface area contributed by atoms with E-state index in [2.05, 4.69) is 36.8 Å². The minimum Gasteiger partial charge on any atom is -0.494 e. The first kappa shape index (κ1) is 22.6. The van der Waals surface area contributed by atoms with Crippen molar-refractivity contribution in [3.63, 3.8) is 0 Å². The van der Waals surface area contributed by atoms with Crippen LogP contribution in [0, 0.1) is 0 Å². The first-order valence-corrected chi connectivity index (χ1v) is 10.9. The molecule has 0 fully saturated rings. The Labute approximate surface area is 198 Å². The molecule has 1 amide bonds. The molecular weight excluding hydrogens is 557 g/mol. The first-order chi connectivity index (χ1) is 15.2. The number of carbonyl (C=O) groups excluding carboxylic acids is 1. The average molecular weight is 572 g/mol. The van der Waals surface area contributed by atoms with Gasteiger partial charge < -0.3 is 14.4 Å². The Hall–Kier alpha value is -2.59. The lowest BCUT2D eigenvalue weighted by Gasteiger charge is -2.29.